The summed E-state index contributed by atoms with van der Waals surface area (Å²) >= 11 is 0. The van der Waals surface area contributed by atoms with Gasteiger partial charge in [-0.25, -0.2) is 8.42 Å². The summed E-state index contributed by atoms with van der Waals surface area (Å²) in [6.07, 6.45) is 4.64. The summed E-state index contributed by atoms with van der Waals surface area (Å²) in [7, 11) is -1.46. The zero-order valence-corrected chi connectivity index (χ0v) is 15.1. The summed E-state index contributed by atoms with van der Waals surface area (Å²) in [5.74, 6) is -0.241. The van der Waals surface area contributed by atoms with Crippen molar-refractivity contribution in [2.75, 3.05) is 10.5 Å². The van der Waals surface area contributed by atoms with E-state index in [0.29, 0.717) is 11.3 Å². The standard InChI is InChI=1S/C17H22N4O3S/c1-3-25(23,24)20-13-7-4-6-12(10-13)17(22)19-15-8-5-9-16-14(15)11-18-21(16)2/h4,6-7,10-11,15,20H,3,5,8-9H2,1-2H3,(H,19,22)/t15-/m1/s1. The summed E-state index contributed by atoms with van der Waals surface area (Å²) in [6, 6.07) is 6.45. The van der Waals surface area contributed by atoms with E-state index in [1.54, 1.807) is 31.2 Å². The molecule has 7 nitrogen and oxygen atoms in total. The highest BCUT2D eigenvalue weighted by atomic mass is 32.2. The van der Waals surface area contributed by atoms with E-state index in [1.807, 2.05) is 17.9 Å². The number of carbonyl (C=O) groups excluding carboxylic acids is 1. The van der Waals surface area contributed by atoms with Gasteiger partial charge in [0.2, 0.25) is 10.0 Å². The fraction of sp³-hybridized carbons (Fsp3) is 0.412. The molecule has 0 radical (unpaired) electrons. The van der Waals surface area contributed by atoms with Crippen LogP contribution in [0.4, 0.5) is 5.69 Å². The molecule has 1 aromatic carbocycles. The minimum absolute atomic E-state index is 0.0186. The first-order valence-electron chi connectivity index (χ1n) is 8.32. The largest absolute Gasteiger partial charge is 0.345 e. The number of carbonyl (C=O) groups is 1. The number of nitrogens with zero attached hydrogens (tertiary/aromatic N) is 2. The maximum Gasteiger partial charge on any atom is 0.251 e. The summed E-state index contributed by atoms with van der Waals surface area (Å²) in [6.45, 7) is 1.56. The lowest BCUT2D eigenvalue weighted by molar-refractivity contribution is 0.0932. The zero-order chi connectivity index (χ0) is 18.0. The van der Waals surface area contributed by atoms with Crippen molar-refractivity contribution in [1.82, 2.24) is 15.1 Å². The highest BCUT2D eigenvalue weighted by molar-refractivity contribution is 7.92. The van der Waals surface area contributed by atoms with E-state index in [9.17, 15) is 13.2 Å². The molecule has 2 aromatic rings. The Morgan fingerprint density at radius 3 is 2.96 bits per heavy atom. The molecule has 1 amide bonds. The van der Waals surface area contributed by atoms with E-state index in [4.69, 9.17) is 0 Å². The lowest BCUT2D eigenvalue weighted by Crippen LogP contribution is -2.31. The average molecular weight is 362 g/mol. The van der Waals surface area contributed by atoms with Gasteiger partial charge in [0.25, 0.3) is 5.91 Å². The number of hydrogen-bond donors (Lipinski definition) is 2. The topological polar surface area (TPSA) is 93.1 Å². The Morgan fingerprint density at radius 2 is 2.20 bits per heavy atom. The predicted octanol–water partition coefficient (Wildman–Crippen LogP) is 1.99. The van der Waals surface area contributed by atoms with Crippen LogP contribution in [-0.4, -0.2) is 29.9 Å². The molecule has 134 valence electrons. The van der Waals surface area contributed by atoms with E-state index in [0.717, 1.165) is 30.5 Å². The van der Waals surface area contributed by atoms with E-state index in [1.165, 1.54) is 0 Å². The van der Waals surface area contributed by atoms with E-state index < -0.39 is 10.0 Å². The Kier molecular flexibility index (Phi) is 4.80. The zero-order valence-electron chi connectivity index (χ0n) is 14.3. The molecular formula is C17H22N4O3S. The smallest absolute Gasteiger partial charge is 0.251 e. The van der Waals surface area contributed by atoms with Gasteiger partial charge in [0.05, 0.1) is 18.0 Å². The van der Waals surface area contributed by atoms with Crippen molar-refractivity contribution in [2.24, 2.45) is 7.05 Å². The summed E-state index contributed by atoms with van der Waals surface area (Å²) in [5.41, 5.74) is 3.03. The normalized spacial score (nSPS) is 17.0. The van der Waals surface area contributed by atoms with Crippen LogP contribution in [0.1, 0.15) is 47.4 Å². The van der Waals surface area contributed by atoms with Crippen LogP contribution < -0.4 is 10.0 Å². The molecule has 1 atom stereocenters. The maximum absolute atomic E-state index is 12.6. The lowest BCUT2D eigenvalue weighted by Gasteiger charge is -2.24. The fourth-order valence-corrected chi connectivity index (χ4v) is 3.70. The van der Waals surface area contributed by atoms with Crippen molar-refractivity contribution in [2.45, 2.75) is 32.2 Å². The van der Waals surface area contributed by atoms with Crippen LogP contribution in [0.2, 0.25) is 0 Å². The summed E-state index contributed by atoms with van der Waals surface area (Å²) < 4.78 is 27.7. The van der Waals surface area contributed by atoms with Gasteiger partial charge in [0.1, 0.15) is 0 Å². The monoisotopic (exact) mass is 362 g/mol. The Labute approximate surface area is 147 Å². The van der Waals surface area contributed by atoms with E-state index in [2.05, 4.69) is 15.1 Å². The van der Waals surface area contributed by atoms with Crippen molar-refractivity contribution in [3.8, 4) is 0 Å². The third-order valence-electron chi connectivity index (χ3n) is 4.46. The first-order chi connectivity index (χ1) is 11.9. The number of anilines is 1. The van der Waals surface area contributed by atoms with Crippen LogP contribution in [0.25, 0.3) is 0 Å². The number of fused-ring (bicyclic) bond motifs is 1. The van der Waals surface area contributed by atoms with Crippen LogP contribution in [0.15, 0.2) is 30.5 Å². The number of rotatable bonds is 5. The average Bonchev–Trinajstić information content (AvgIpc) is 2.97. The lowest BCUT2D eigenvalue weighted by atomic mass is 9.93. The quantitative estimate of drug-likeness (QED) is 0.851. The van der Waals surface area contributed by atoms with Gasteiger partial charge in [-0.1, -0.05) is 6.07 Å². The first kappa shape index (κ1) is 17.5. The van der Waals surface area contributed by atoms with Crippen molar-refractivity contribution in [3.63, 3.8) is 0 Å². The summed E-state index contributed by atoms with van der Waals surface area (Å²) in [4.78, 5) is 12.6. The van der Waals surface area contributed by atoms with E-state index >= 15 is 0 Å². The second-order valence-electron chi connectivity index (χ2n) is 6.17. The second-order valence-corrected chi connectivity index (χ2v) is 8.19. The molecule has 25 heavy (non-hydrogen) atoms. The number of hydrogen-bond acceptors (Lipinski definition) is 4. The van der Waals surface area contributed by atoms with Crippen LogP contribution in [0.5, 0.6) is 0 Å². The Balaban J connectivity index is 1.76. The summed E-state index contributed by atoms with van der Waals surface area (Å²) in [5, 5.41) is 7.32. The molecule has 8 heteroatoms. The molecule has 0 aliphatic heterocycles. The first-order valence-corrected chi connectivity index (χ1v) is 9.97. The van der Waals surface area contributed by atoms with Crippen LogP contribution in [-0.2, 0) is 23.5 Å². The van der Waals surface area contributed by atoms with Gasteiger partial charge in [-0.3, -0.25) is 14.2 Å². The molecule has 0 fully saturated rings. The number of nitrogens with one attached hydrogen (secondary N) is 2. The molecule has 2 N–H and O–H groups in total. The van der Waals surface area contributed by atoms with Gasteiger partial charge in [-0.2, -0.15) is 5.10 Å². The molecule has 1 aromatic heterocycles. The highest BCUT2D eigenvalue weighted by Gasteiger charge is 2.25. The van der Waals surface area contributed by atoms with Crippen LogP contribution in [0.3, 0.4) is 0 Å². The molecule has 0 spiro atoms. The van der Waals surface area contributed by atoms with Gasteiger partial charge in [0.15, 0.2) is 0 Å². The minimum atomic E-state index is -3.37. The minimum Gasteiger partial charge on any atom is -0.345 e. The third-order valence-corrected chi connectivity index (χ3v) is 5.77. The molecule has 0 bridgehead atoms. The number of benzene rings is 1. The predicted molar refractivity (Wildman–Crippen MR) is 95.9 cm³/mol. The van der Waals surface area contributed by atoms with Crippen molar-refractivity contribution in [1.29, 1.82) is 0 Å². The van der Waals surface area contributed by atoms with Gasteiger partial charge < -0.3 is 5.32 Å². The molecule has 0 saturated heterocycles. The fourth-order valence-electron chi connectivity index (χ4n) is 3.07. The molecule has 1 aliphatic carbocycles. The van der Waals surface area contributed by atoms with Gasteiger partial charge in [-0.15, -0.1) is 0 Å². The Bertz CT molecular complexity index is 889. The molecular weight excluding hydrogens is 340 g/mol. The van der Waals surface area contributed by atoms with Crippen LogP contribution >= 0.6 is 0 Å². The number of aromatic nitrogens is 2. The van der Waals surface area contributed by atoms with E-state index in [-0.39, 0.29) is 17.7 Å². The molecule has 1 heterocycles. The van der Waals surface area contributed by atoms with Crippen molar-refractivity contribution >= 4 is 21.6 Å². The highest BCUT2D eigenvalue weighted by Crippen LogP contribution is 2.29. The molecule has 3 rings (SSSR count). The molecule has 0 saturated carbocycles. The van der Waals surface area contributed by atoms with Crippen molar-refractivity contribution < 1.29 is 13.2 Å². The van der Waals surface area contributed by atoms with Gasteiger partial charge in [0, 0.05) is 29.6 Å². The second kappa shape index (κ2) is 6.87. The SMILES string of the molecule is CCS(=O)(=O)Nc1cccc(C(=O)N[C@@H]2CCCc3c2cnn3C)c1. The van der Waals surface area contributed by atoms with Crippen molar-refractivity contribution in [3.05, 3.63) is 47.3 Å². The molecule has 0 unspecified atom stereocenters. The van der Waals surface area contributed by atoms with Gasteiger partial charge in [-0.05, 0) is 44.4 Å². The maximum atomic E-state index is 12.6. The number of aryl methyl sites for hydroxylation is 1. The third kappa shape index (κ3) is 3.84. The number of amides is 1. The molecule has 1 aliphatic rings. The van der Waals surface area contributed by atoms with Crippen LogP contribution in [0, 0.1) is 0 Å². The number of sulfonamides is 1. The Morgan fingerprint density at radius 1 is 1.40 bits per heavy atom. The van der Waals surface area contributed by atoms with Gasteiger partial charge >= 0.3 is 0 Å². The Hall–Kier alpha value is -2.35.